The molecule has 1 heterocycles. The molecule has 0 radical (unpaired) electrons. The van der Waals surface area contributed by atoms with Crippen LogP contribution in [-0.4, -0.2) is 50.1 Å². The monoisotopic (exact) mass is 397 g/mol. The van der Waals surface area contributed by atoms with Crippen LogP contribution < -0.4 is 15.0 Å². The van der Waals surface area contributed by atoms with E-state index in [1.165, 1.54) is 6.07 Å². The average Bonchev–Trinajstić information content (AvgIpc) is 3.16. The van der Waals surface area contributed by atoms with Gasteiger partial charge in [-0.25, -0.2) is 4.39 Å². The Hall–Kier alpha value is -2.60. The molecule has 4 rings (SSSR count). The van der Waals surface area contributed by atoms with Gasteiger partial charge in [0.1, 0.15) is 0 Å². The lowest BCUT2D eigenvalue weighted by Crippen LogP contribution is -2.31. The number of rotatable bonds is 6. The molecular weight excluding hydrogens is 369 g/mol. The molecule has 2 aromatic rings. The van der Waals surface area contributed by atoms with Gasteiger partial charge in [-0.3, -0.25) is 4.79 Å². The minimum atomic E-state index is -0.496. The summed E-state index contributed by atoms with van der Waals surface area (Å²) < 4.78 is 19.9. The summed E-state index contributed by atoms with van der Waals surface area (Å²) in [5.74, 6) is -0.609. The summed E-state index contributed by atoms with van der Waals surface area (Å²) in [5, 5.41) is 2.84. The highest BCUT2D eigenvalue weighted by molar-refractivity contribution is 6.04. The predicted octanol–water partition coefficient (Wildman–Crippen LogP) is 4.15. The van der Waals surface area contributed by atoms with Crippen molar-refractivity contribution in [3.8, 4) is 5.75 Å². The molecule has 2 aliphatic rings. The van der Waals surface area contributed by atoms with Gasteiger partial charge < -0.3 is 19.9 Å². The van der Waals surface area contributed by atoms with Crippen molar-refractivity contribution in [1.82, 2.24) is 4.90 Å². The van der Waals surface area contributed by atoms with E-state index < -0.39 is 5.82 Å². The molecule has 1 aliphatic heterocycles. The molecule has 1 saturated heterocycles. The van der Waals surface area contributed by atoms with Crippen LogP contribution >= 0.6 is 0 Å². The Kier molecular flexibility index (Phi) is 5.72. The Morgan fingerprint density at radius 3 is 2.48 bits per heavy atom. The molecule has 0 bridgehead atoms. The summed E-state index contributed by atoms with van der Waals surface area (Å²) in [5.41, 5.74) is 2.12. The molecule has 1 aliphatic carbocycles. The molecule has 1 amide bonds. The number of hydrogen-bond acceptors (Lipinski definition) is 4. The van der Waals surface area contributed by atoms with Crippen LogP contribution in [0.5, 0.6) is 5.75 Å². The Morgan fingerprint density at radius 1 is 1.14 bits per heavy atom. The third kappa shape index (κ3) is 4.53. The molecule has 1 N–H and O–H groups in total. The zero-order valence-corrected chi connectivity index (χ0v) is 17.0. The van der Waals surface area contributed by atoms with Crippen LogP contribution in [-0.2, 0) is 0 Å². The van der Waals surface area contributed by atoms with Crippen LogP contribution in [0.15, 0.2) is 42.5 Å². The summed E-state index contributed by atoms with van der Waals surface area (Å²) in [6, 6.07) is 12.8. The smallest absolute Gasteiger partial charge is 0.255 e. The van der Waals surface area contributed by atoms with Crippen LogP contribution in [0.2, 0.25) is 0 Å². The highest BCUT2D eigenvalue weighted by Gasteiger charge is 2.24. The lowest BCUT2D eigenvalue weighted by atomic mass is 9.96. The second-order valence-electron chi connectivity index (χ2n) is 8.17. The van der Waals surface area contributed by atoms with E-state index in [1.54, 1.807) is 12.1 Å². The van der Waals surface area contributed by atoms with E-state index in [0.29, 0.717) is 11.7 Å². The number of ether oxygens (including phenoxy) is 1. The van der Waals surface area contributed by atoms with Gasteiger partial charge in [-0.05, 0) is 82.2 Å². The number of halogens is 1. The van der Waals surface area contributed by atoms with Crippen molar-refractivity contribution in [1.29, 1.82) is 0 Å². The first kappa shape index (κ1) is 19.7. The first-order chi connectivity index (χ1) is 14.0. The molecule has 154 valence electrons. The summed E-state index contributed by atoms with van der Waals surface area (Å²) >= 11 is 0. The maximum Gasteiger partial charge on any atom is 0.255 e. The van der Waals surface area contributed by atoms with Gasteiger partial charge in [0.25, 0.3) is 5.91 Å². The van der Waals surface area contributed by atoms with Crippen molar-refractivity contribution in [2.75, 3.05) is 37.4 Å². The summed E-state index contributed by atoms with van der Waals surface area (Å²) in [6.45, 7) is 2.04. The topological polar surface area (TPSA) is 44.8 Å². The number of amides is 1. The van der Waals surface area contributed by atoms with Crippen LogP contribution in [0.25, 0.3) is 0 Å². The third-order valence-electron chi connectivity index (χ3n) is 5.92. The number of carbonyl (C=O) groups is 1. The number of hydrogen-bond donors (Lipinski definition) is 1. The van der Waals surface area contributed by atoms with Gasteiger partial charge in [-0.15, -0.1) is 0 Å². The molecule has 6 heteroatoms. The minimum absolute atomic E-state index is 0.103. The summed E-state index contributed by atoms with van der Waals surface area (Å²) in [4.78, 5) is 17.1. The Bertz CT molecular complexity index is 865. The van der Waals surface area contributed by atoms with Gasteiger partial charge in [-0.1, -0.05) is 0 Å². The fourth-order valence-electron chi connectivity index (χ4n) is 3.76. The van der Waals surface area contributed by atoms with Crippen molar-refractivity contribution >= 4 is 17.3 Å². The quantitative estimate of drug-likeness (QED) is 0.795. The SMILES string of the molecule is CN(C)C1CCN(c2ccc(NC(=O)c3ccc(OC4CCC4)c(F)c3)cc2)C1. The average molecular weight is 397 g/mol. The first-order valence-electron chi connectivity index (χ1n) is 10.3. The lowest BCUT2D eigenvalue weighted by Gasteiger charge is -2.26. The number of carbonyl (C=O) groups excluding carboxylic acids is 1. The lowest BCUT2D eigenvalue weighted by molar-refractivity contribution is 0.102. The van der Waals surface area contributed by atoms with Gasteiger partial charge in [-0.2, -0.15) is 0 Å². The molecular formula is C23H28FN3O2. The van der Waals surface area contributed by atoms with E-state index >= 15 is 0 Å². The molecule has 0 aromatic heterocycles. The second-order valence-corrected chi connectivity index (χ2v) is 8.17. The first-order valence-corrected chi connectivity index (χ1v) is 10.3. The van der Waals surface area contributed by atoms with Gasteiger partial charge in [0.05, 0.1) is 6.10 Å². The van der Waals surface area contributed by atoms with Gasteiger partial charge in [0.2, 0.25) is 0 Å². The molecule has 1 atom stereocenters. The Morgan fingerprint density at radius 2 is 1.90 bits per heavy atom. The van der Waals surface area contributed by atoms with E-state index in [2.05, 4.69) is 29.2 Å². The Balaban J connectivity index is 1.36. The maximum atomic E-state index is 14.3. The molecule has 2 aromatic carbocycles. The highest BCUT2D eigenvalue weighted by atomic mass is 19.1. The fraction of sp³-hybridized carbons (Fsp3) is 0.435. The number of anilines is 2. The number of likely N-dealkylation sites (N-methyl/N-ethyl adjacent to an activating group) is 1. The Labute approximate surface area is 171 Å². The van der Waals surface area contributed by atoms with Crippen molar-refractivity contribution < 1.29 is 13.9 Å². The van der Waals surface area contributed by atoms with Crippen LogP contribution in [0, 0.1) is 5.82 Å². The van der Waals surface area contributed by atoms with E-state index in [1.807, 2.05) is 24.3 Å². The van der Waals surface area contributed by atoms with Crippen molar-refractivity contribution in [2.45, 2.75) is 37.8 Å². The molecule has 1 saturated carbocycles. The van der Waals surface area contributed by atoms with Crippen LogP contribution in [0.3, 0.4) is 0 Å². The van der Waals surface area contributed by atoms with Gasteiger partial charge in [0.15, 0.2) is 11.6 Å². The zero-order chi connectivity index (χ0) is 20.4. The number of nitrogens with one attached hydrogen (secondary N) is 1. The zero-order valence-electron chi connectivity index (χ0n) is 17.0. The number of benzene rings is 2. The predicted molar refractivity (Wildman–Crippen MR) is 113 cm³/mol. The minimum Gasteiger partial charge on any atom is -0.487 e. The summed E-state index contributed by atoms with van der Waals surface area (Å²) in [6.07, 6.45) is 4.30. The number of nitrogens with zero attached hydrogens (tertiary/aromatic N) is 2. The molecule has 29 heavy (non-hydrogen) atoms. The molecule has 2 fully saturated rings. The second kappa shape index (κ2) is 8.41. The van der Waals surface area contributed by atoms with E-state index in [4.69, 9.17) is 4.74 Å². The largest absolute Gasteiger partial charge is 0.487 e. The summed E-state index contributed by atoms with van der Waals surface area (Å²) in [7, 11) is 4.23. The fourth-order valence-corrected chi connectivity index (χ4v) is 3.76. The van der Waals surface area contributed by atoms with E-state index in [0.717, 1.165) is 44.5 Å². The molecule has 1 unspecified atom stereocenters. The van der Waals surface area contributed by atoms with Crippen LogP contribution in [0.1, 0.15) is 36.0 Å². The van der Waals surface area contributed by atoms with Crippen LogP contribution in [0.4, 0.5) is 15.8 Å². The van der Waals surface area contributed by atoms with Crippen molar-refractivity contribution in [2.24, 2.45) is 0 Å². The van der Waals surface area contributed by atoms with Gasteiger partial charge in [0, 0.05) is 36.1 Å². The van der Waals surface area contributed by atoms with Crippen molar-refractivity contribution in [3.63, 3.8) is 0 Å². The van der Waals surface area contributed by atoms with Gasteiger partial charge >= 0.3 is 0 Å². The van der Waals surface area contributed by atoms with E-state index in [-0.39, 0.29) is 23.3 Å². The maximum absolute atomic E-state index is 14.3. The standard InChI is InChI=1S/C23H28FN3O2/c1-26(2)19-12-13-27(15-19)18-9-7-17(8-10-18)25-23(28)16-6-11-22(21(24)14-16)29-20-4-3-5-20/h6-11,14,19-20H,3-5,12-13,15H2,1-2H3,(H,25,28). The van der Waals surface area contributed by atoms with Crippen molar-refractivity contribution in [3.05, 3.63) is 53.8 Å². The highest BCUT2D eigenvalue weighted by Crippen LogP contribution is 2.28. The molecule has 5 nitrogen and oxygen atoms in total. The normalized spacial score (nSPS) is 19.3. The third-order valence-corrected chi connectivity index (χ3v) is 5.92. The van der Waals surface area contributed by atoms with E-state index in [9.17, 15) is 9.18 Å². The molecule has 0 spiro atoms.